The third kappa shape index (κ3) is 2.70. The molecule has 1 saturated carbocycles. The molecule has 1 amide bonds. The number of anilines is 1. The second kappa shape index (κ2) is 5.56. The third-order valence-electron chi connectivity index (χ3n) is 3.96. The fourth-order valence-corrected chi connectivity index (χ4v) is 2.81. The molecule has 0 aliphatic heterocycles. The number of nitrogens with zero attached hydrogens (tertiary/aromatic N) is 1. The van der Waals surface area contributed by atoms with E-state index in [9.17, 15) is 9.18 Å². The second-order valence-corrected chi connectivity index (χ2v) is 6.17. The lowest BCUT2D eigenvalue weighted by Crippen LogP contribution is -2.46. The molecular formula is C16H14BrFN2O. The van der Waals surface area contributed by atoms with Crippen molar-refractivity contribution in [2.24, 2.45) is 0 Å². The molecule has 1 fully saturated rings. The summed E-state index contributed by atoms with van der Waals surface area (Å²) in [7, 11) is 0. The molecule has 0 atom stereocenters. The van der Waals surface area contributed by atoms with E-state index in [4.69, 9.17) is 0 Å². The number of rotatable bonds is 3. The first-order valence-corrected chi connectivity index (χ1v) is 7.58. The van der Waals surface area contributed by atoms with Crippen LogP contribution in [-0.4, -0.2) is 10.9 Å². The molecule has 3 rings (SSSR count). The predicted octanol–water partition coefficient (Wildman–Crippen LogP) is 4.04. The molecule has 2 aromatic rings. The van der Waals surface area contributed by atoms with Crippen LogP contribution in [0.1, 0.15) is 25.0 Å². The lowest BCUT2D eigenvalue weighted by Gasteiger charge is -2.39. The molecule has 108 valence electrons. The molecule has 5 heteroatoms. The van der Waals surface area contributed by atoms with Crippen LogP contribution in [0.2, 0.25) is 0 Å². The van der Waals surface area contributed by atoms with Gasteiger partial charge in [-0.3, -0.25) is 9.78 Å². The molecule has 0 saturated heterocycles. The Bertz CT molecular complexity index is 651. The molecule has 1 aromatic carbocycles. The van der Waals surface area contributed by atoms with Crippen molar-refractivity contribution in [3.63, 3.8) is 0 Å². The minimum atomic E-state index is -0.560. The average molecular weight is 349 g/mol. The van der Waals surface area contributed by atoms with E-state index in [1.165, 1.54) is 12.1 Å². The fraction of sp³-hybridized carbons (Fsp3) is 0.250. The highest BCUT2D eigenvalue weighted by Gasteiger charge is 2.46. The monoisotopic (exact) mass is 348 g/mol. The van der Waals surface area contributed by atoms with E-state index in [2.05, 4.69) is 26.2 Å². The minimum Gasteiger partial charge on any atom is -0.325 e. The van der Waals surface area contributed by atoms with Gasteiger partial charge in [0, 0.05) is 16.4 Å². The number of amides is 1. The van der Waals surface area contributed by atoms with E-state index >= 15 is 0 Å². The van der Waals surface area contributed by atoms with Gasteiger partial charge in [0.1, 0.15) is 5.82 Å². The Morgan fingerprint density at radius 1 is 1.19 bits per heavy atom. The van der Waals surface area contributed by atoms with Crippen LogP contribution < -0.4 is 5.32 Å². The minimum absolute atomic E-state index is 0.0739. The molecule has 1 heterocycles. The van der Waals surface area contributed by atoms with E-state index in [0.717, 1.165) is 29.4 Å². The van der Waals surface area contributed by atoms with Crippen molar-refractivity contribution in [3.05, 3.63) is 58.6 Å². The summed E-state index contributed by atoms with van der Waals surface area (Å²) in [6.45, 7) is 0. The molecule has 3 nitrogen and oxygen atoms in total. The summed E-state index contributed by atoms with van der Waals surface area (Å²) in [4.78, 5) is 17.0. The quantitative estimate of drug-likeness (QED) is 0.909. The topological polar surface area (TPSA) is 42.0 Å². The predicted molar refractivity (Wildman–Crippen MR) is 82.5 cm³/mol. The highest BCUT2D eigenvalue weighted by Crippen LogP contribution is 2.43. The Balaban J connectivity index is 1.83. The van der Waals surface area contributed by atoms with Gasteiger partial charge in [0.15, 0.2) is 0 Å². The number of aromatic nitrogens is 1. The van der Waals surface area contributed by atoms with Crippen LogP contribution in [0, 0.1) is 5.82 Å². The van der Waals surface area contributed by atoms with E-state index < -0.39 is 5.41 Å². The maximum absolute atomic E-state index is 12.9. The first-order valence-electron chi connectivity index (χ1n) is 6.79. The number of carbonyl (C=O) groups excluding carboxylic acids is 1. The van der Waals surface area contributed by atoms with Gasteiger partial charge in [-0.25, -0.2) is 4.39 Å². The summed E-state index contributed by atoms with van der Waals surface area (Å²) in [5, 5.41) is 2.87. The van der Waals surface area contributed by atoms with Gasteiger partial charge in [-0.2, -0.15) is 0 Å². The number of hydrogen-bond acceptors (Lipinski definition) is 2. The zero-order valence-electron chi connectivity index (χ0n) is 11.3. The summed E-state index contributed by atoms with van der Waals surface area (Å²) in [6.07, 6.45) is 4.29. The summed E-state index contributed by atoms with van der Waals surface area (Å²) in [5.41, 5.74) is 0.830. The Kier molecular flexibility index (Phi) is 3.76. The lowest BCUT2D eigenvalue weighted by atomic mass is 9.65. The Morgan fingerprint density at radius 2 is 1.90 bits per heavy atom. The van der Waals surface area contributed by atoms with Gasteiger partial charge in [-0.05, 0) is 65.2 Å². The van der Waals surface area contributed by atoms with E-state index in [1.807, 2.05) is 12.1 Å². The van der Waals surface area contributed by atoms with Crippen molar-refractivity contribution in [2.45, 2.75) is 24.7 Å². The van der Waals surface area contributed by atoms with E-state index in [1.54, 1.807) is 18.3 Å². The maximum atomic E-state index is 12.9. The van der Waals surface area contributed by atoms with Gasteiger partial charge in [0.2, 0.25) is 5.91 Å². The Labute approximate surface area is 130 Å². The molecule has 0 bridgehead atoms. The second-order valence-electron chi connectivity index (χ2n) is 5.26. The van der Waals surface area contributed by atoms with Gasteiger partial charge in [-0.1, -0.05) is 6.42 Å². The number of benzene rings is 1. The average Bonchev–Trinajstić information content (AvgIpc) is 2.42. The Hall–Kier alpha value is -1.75. The van der Waals surface area contributed by atoms with Crippen molar-refractivity contribution in [1.29, 1.82) is 0 Å². The zero-order chi connectivity index (χ0) is 14.9. The number of nitrogens with one attached hydrogen (secondary N) is 1. The Morgan fingerprint density at radius 3 is 2.43 bits per heavy atom. The van der Waals surface area contributed by atoms with Crippen LogP contribution in [0.15, 0.2) is 47.1 Å². The molecule has 1 aliphatic rings. The normalized spacial score (nSPS) is 16.1. The van der Waals surface area contributed by atoms with Gasteiger partial charge < -0.3 is 5.32 Å². The molecule has 1 N–H and O–H groups in total. The van der Waals surface area contributed by atoms with Crippen molar-refractivity contribution in [2.75, 3.05) is 5.32 Å². The van der Waals surface area contributed by atoms with Gasteiger partial charge in [0.05, 0.1) is 11.1 Å². The molecule has 1 aliphatic carbocycles. The molecule has 0 unspecified atom stereocenters. The van der Waals surface area contributed by atoms with Crippen molar-refractivity contribution in [3.8, 4) is 0 Å². The van der Waals surface area contributed by atoms with Crippen molar-refractivity contribution in [1.82, 2.24) is 4.98 Å². The van der Waals surface area contributed by atoms with Crippen LogP contribution in [0.4, 0.5) is 10.1 Å². The van der Waals surface area contributed by atoms with Crippen LogP contribution in [0.25, 0.3) is 0 Å². The smallest absolute Gasteiger partial charge is 0.236 e. The first-order chi connectivity index (χ1) is 10.1. The van der Waals surface area contributed by atoms with Crippen LogP contribution >= 0.6 is 15.9 Å². The van der Waals surface area contributed by atoms with Crippen LogP contribution in [0.3, 0.4) is 0 Å². The van der Waals surface area contributed by atoms with E-state index in [-0.39, 0.29) is 11.7 Å². The number of pyridine rings is 1. The van der Waals surface area contributed by atoms with Gasteiger partial charge in [0.25, 0.3) is 0 Å². The molecule has 0 spiro atoms. The lowest BCUT2D eigenvalue weighted by molar-refractivity contribution is -0.124. The standard InChI is InChI=1S/C16H14BrFN2O/c17-11-2-7-14(19-10-11)16(8-1-9-16)15(21)20-13-5-3-12(18)4-6-13/h2-7,10H,1,8-9H2,(H,20,21). The highest BCUT2D eigenvalue weighted by atomic mass is 79.9. The number of carbonyl (C=O) groups is 1. The number of halogens is 2. The SMILES string of the molecule is O=C(Nc1ccc(F)cc1)C1(c2ccc(Br)cn2)CCC1. The molecule has 1 aromatic heterocycles. The van der Waals surface area contributed by atoms with E-state index in [0.29, 0.717) is 5.69 Å². The zero-order valence-corrected chi connectivity index (χ0v) is 12.9. The van der Waals surface area contributed by atoms with Crippen molar-refractivity contribution < 1.29 is 9.18 Å². The largest absolute Gasteiger partial charge is 0.325 e. The third-order valence-corrected chi connectivity index (χ3v) is 4.43. The van der Waals surface area contributed by atoms with Crippen LogP contribution in [0.5, 0.6) is 0 Å². The van der Waals surface area contributed by atoms with Gasteiger partial charge in [-0.15, -0.1) is 0 Å². The molecular weight excluding hydrogens is 335 g/mol. The summed E-state index contributed by atoms with van der Waals surface area (Å²) >= 11 is 3.35. The van der Waals surface area contributed by atoms with Crippen LogP contribution in [-0.2, 0) is 10.2 Å². The molecule has 21 heavy (non-hydrogen) atoms. The summed E-state index contributed by atoms with van der Waals surface area (Å²) in [6, 6.07) is 9.58. The number of hydrogen-bond donors (Lipinski definition) is 1. The van der Waals surface area contributed by atoms with Gasteiger partial charge >= 0.3 is 0 Å². The highest BCUT2D eigenvalue weighted by molar-refractivity contribution is 9.10. The molecule has 0 radical (unpaired) electrons. The summed E-state index contributed by atoms with van der Waals surface area (Å²) in [5.74, 6) is -0.392. The van der Waals surface area contributed by atoms with Crippen molar-refractivity contribution >= 4 is 27.5 Å². The summed E-state index contributed by atoms with van der Waals surface area (Å²) < 4.78 is 13.8. The fourth-order valence-electron chi connectivity index (χ4n) is 2.57. The first kappa shape index (κ1) is 14.2. The maximum Gasteiger partial charge on any atom is 0.236 e.